The second-order valence-corrected chi connectivity index (χ2v) is 3.81. The molecule has 1 aliphatic rings. The molecular weight excluding hydrogens is 214 g/mol. The van der Waals surface area contributed by atoms with Crippen molar-refractivity contribution in [3.05, 3.63) is 0 Å². The highest BCUT2D eigenvalue weighted by Crippen LogP contribution is 2.23. The van der Waals surface area contributed by atoms with Crippen molar-refractivity contribution in [2.45, 2.75) is 13.0 Å². The monoisotopic (exact) mass is 223 g/mol. The van der Waals surface area contributed by atoms with Crippen LogP contribution in [0.5, 0.6) is 0 Å². The molecule has 0 saturated carbocycles. The van der Waals surface area contributed by atoms with E-state index in [2.05, 4.69) is 0 Å². The number of nitrogens with zero attached hydrogens (tertiary/aromatic N) is 1. The van der Waals surface area contributed by atoms with Crippen LogP contribution in [0.2, 0.25) is 0 Å². The molecule has 0 N–H and O–H groups in total. The van der Waals surface area contributed by atoms with E-state index in [4.69, 9.17) is 16.3 Å². The third-order valence-corrected chi connectivity index (χ3v) is 2.90. The smallest absolute Gasteiger partial charge is 0.329 e. The summed E-state index contributed by atoms with van der Waals surface area (Å²) in [7, 11) is 0. The fraction of sp³-hybridized carbons (Fsp3) is 0.714. The van der Waals surface area contributed by atoms with Gasteiger partial charge in [-0.15, -0.1) is 11.8 Å². The van der Waals surface area contributed by atoms with E-state index < -0.39 is 11.4 Å². The van der Waals surface area contributed by atoms with Gasteiger partial charge in [-0.1, -0.05) is 0 Å². The summed E-state index contributed by atoms with van der Waals surface area (Å²) in [4.78, 5) is 23.4. The van der Waals surface area contributed by atoms with Gasteiger partial charge in [-0.3, -0.25) is 4.79 Å². The van der Waals surface area contributed by atoms with Gasteiger partial charge in [0.2, 0.25) is 0 Å². The summed E-state index contributed by atoms with van der Waals surface area (Å²) in [5.74, 6) is 0.657. The Kier molecular flexibility index (Phi) is 3.87. The molecule has 0 spiro atoms. The Bertz CT molecular complexity index is 224. The number of amides is 1. The first kappa shape index (κ1) is 10.7. The van der Waals surface area contributed by atoms with E-state index in [1.807, 2.05) is 0 Å². The van der Waals surface area contributed by atoms with Crippen molar-refractivity contribution >= 4 is 34.7 Å². The number of halogens is 1. The Morgan fingerprint density at radius 1 is 1.69 bits per heavy atom. The second-order valence-electron chi connectivity index (χ2n) is 2.49. The van der Waals surface area contributed by atoms with Crippen LogP contribution in [-0.2, 0) is 9.53 Å². The van der Waals surface area contributed by atoms with Crippen LogP contribution in [0.3, 0.4) is 0 Å². The Hall–Kier alpha value is -0.420. The Labute approximate surface area is 85.5 Å². The summed E-state index contributed by atoms with van der Waals surface area (Å²) < 4.78 is 4.80. The lowest BCUT2D eigenvalue weighted by atomic mass is 10.3. The predicted octanol–water partition coefficient (Wildman–Crippen LogP) is 1.28. The van der Waals surface area contributed by atoms with E-state index >= 15 is 0 Å². The summed E-state index contributed by atoms with van der Waals surface area (Å²) >= 11 is 6.78. The molecule has 1 atom stereocenters. The molecule has 1 saturated heterocycles. The average molecular weight is 224 g/mol. The van der Waals surface area contributed by atoms with Crippen molar-refractivity contribution in [1.82, 2.24) is 4.90 Å². The Morgan fingerprint density at radius 3 is 2.92 bits per heavy atom. The highest BCUT2D eigenvalue weighted by molar-refractivity contribution is 7.99. The SMILES string of the molecule is CCOC(=O)C1CSCN1C(=O)Cl. The quantitative estimate of drug-likeness (QED) is 0.402. The predicted molar refractivity (Wildman–Crippen MR) is 50.8 cm³/mol. The lowest BCUT2D eigenvalue weighted by molar-refractivity contribution is -0.146. The maximum atomic E-state index is 11.3. The third-order valence-electron chi connectivity index (χ3n) is 1.67. The van der Waals surface area contributed by atoms with E-state index in [0.29, 0.717) is 18.2 Å². The number of thioether (sulfide) groups is 1. The van der Waals surface area contributed by atoms with Crippen LogP contribution in [0.25, 0.3) is 0 Å². The minimum absolute atomic E-state index is 0.324. The standard InChI is InChI=1S/C7H10ClNO3S/c1-2-12-6(10)5-3-13-4-9(5)7(8)11/h5H,2-4H2,1H3. The number of ether oxygens (including phenoxy) is 1. The average Bonchev–Trinajstić information content (AvgIpc) is 2.52. The summed E-state index contributed by atoms with van der Waals surface area (Å²) in [6.45, 7) is 2.05. The van der Waals surface area contributed by atoms with E-state index in [1.165, 1.54) is 16.7 Å². The molecule has 0 aromatic rings. The highest BCUT2D eigenvalue weighted by atomic mass is 35.5. The Morgan fingerprint density at radius 2 is 2.38 bits per heavy atom. The summed E-state index contributed by atoms with van der Waals surface area (Å²) in [5, 5.41) is -0.594. The minimum Gasteiger partial charge on any atom is -0.464 e. The van der Waals surface area contributed by atoms with Gasteiger partial charge in [0, 0.05) is 5.75 Å². The number of hydrogen-bond donors (Lipinski definition) is 0. The first-order valence-electron chi connectivity index (χ1n) is 3.87. The summed E-state index contributed by atoms with van der Waals surface area (Å²) in [6, 6.07) is -0.505. The molecule has 0 radical (unpaired) electrons. The number of carbonyl (C=O) groups is 2. The molecule has 0 aromatic carbocycles. The lowest BCUT2D eigenvalue weighted by Crippen LogP contribution is -2.40. The van der Waals surface area contributed by atoms with E-state index in [1.54, 1.807) is 6.92 Å². The number of hydrogen-bond acceptors (Lipinski definition) is 4. The topological polar surface area (TPSA) is 46.6 Å². The molecule has 1 aliphatic heterocycles. The van der Waals surface area contributed by atoms with Crippen molar-refractivity contribution in [2.75, 3.05) is 18.2 Å². The molecule has 1 heterocycles. The van der Waals surface area contributed by atoms with Gasteiger partial charge >= 0.3 is 11.3 Å². The largest absolute Gasteiger partial charge is 0.464 e. The van der Waals surface area contributed by atoms with Crippen molar-refractivity contribution in [1.29, 1.82) is 0 Å². The van der Waals surface area contributed by atoms with Gasteiger partial charge in [0.05, 0.1) is 12.5 Å². The van der Waals surface area contributed by atoms with Crippen LogP contribution in [0.1, 0.15) is 6.92 Å². The van der Waals surface area contributed by atoms with Crippen LogP contribution in [-0.4, -0.2) is 40.5 Å². The summed E-state index contributed by atoms with van der Waals surface area (Å²) in [5.41, 5.74) is 0. The van der Waals surface area contributed by atoms with Crippen LogP contribution < -0.4 is 0 Å². The zero-order valence-electron chi connectivity index (χ0n) is 7.16. The molecule has 4 nitrogen and oxygen atoms in total. The molecular formula is C7H10ClNO3S. The van der Waals surface area contributed by atoms with Crippen molar-refractivity contribution in [3.8, 4) is 0 Å². The molecule has 1 rings (SSSR count). The molecule has 0 bridgehead atoms. The number of esters is 1. The van der Waals surface area contributed by atoms with Crippen LogP contribution in [0.15, 0.2) is 0 Å². The zero-order valence-corrected chi connectivity index (χ0v) is 8.73. The molecule has 1 fully saturated rings. The van der Waals surface area contributed by atoms with Crippen LogP contribution in [0.4, 0.5) is 4.79 Å². The first-order chi connectivity index (χ1) is 6.16. The zero-order chi connectivity index (χ0) is 9.84. The first-order valence-corrected chi connectivity index (χ1v) is 5.40. The van der Waals surface area contributed by atoms with Gasteiger partial charge in [-0.25, -0.2) is 4.79 Å². The fourth-order valence-electron chi connectivity index (χ4n) is 1.05. The highest BCUT2D eigenvalue weighted by Gasteiger charge is 2.34. The van der Waals surface area contributed by atoms with Gasteiger partial charge in [-0.05, 0) is 18.5 Å². The Balaban J connectivity index is 2.57. The van der Waals surface area contributed by atoms with Gasteiger partial charge in [0.1, 0.15) is 6.04 Å². The fourth-order valence-corrected chi connectivity index (χ4v) is 2.44. The molecule has 1 amide bonds. The lowest BCUT2D eigenvalue weighted by Gasteiger charge is -2.18. The maximum absolute atomic E-state index is 11.3. The van der Waals surface area contributed by atoms with Gasteiger partial charge in [-0.2, -0.15) is 0 Å². The molecule has 74 valence electrons. The van der Waals surface area contributed by atoms with Gasteiger partial charge in [0.15, 0.2) is 0 Å². The summed E-state index contributed by atoms with van der Waals surface area (Å²) in [6.07, 6.45) is 0. The van der Waals surface area contributed by atoms with E-state index in [-0.39, 0.29) is 5.97 Å². The molecule has 6 heteroatoms. The van der Waals surface area contributed by atoms with Crippen molar-refractivity contribution in [2.24, 2.45) is 0 Å². The van der Waals surface area contributed by atoms with Crippen LogP contribution in [0, 0.1) is 0 Å². The van der Waals surface area contributed by atoms with Crippen molar-refractivity contribution < 1.29 is 14.3 Å². The molecule has 0 aromatic heterocycles. The van der Waals surface area contributed by atoms with Crippen molar-refractivity contribution in [3.63, 3.8) is 0 Å². The second kappa shape index (κ2) is 4.72. The molecule has 1 unspecified atom stereocenters. The van der Waals surface area contributed by atoms with E-state index in [0.717, 1.165) is 0 Å². The van der Waals surface area contributed by atoms with Gasteiger partial charge < -0.3 is 9.64 Å². The maximum Gasteiger partial charge on any atom is 0.329 e. The minimum atomic E-state index is -0.594. The number of carbonyl (C=O) groups excluding carboxylic acids is 2. The van der Waals surface area contributed by atoms with Crippen LogP contribution >= 0.6 is 23.4 Å². The molecule has 0 aliphatic carbocycles. The number of rotatable bonds is 2. The van der Waals surface area contributed by atoms with E-state index in [9.17, 15) is 9.59 Å². The molecule has 13 heavy (non-hydrogen) atoms. The van der Waals surface area contributed by atoms with Gasteiger partial charge in [0.25, 0.3) is 0 Å². The third kappa shape index (κ3) is 2.51. The normalized spacial score (nSPS) is 21.7.